The monoisotopic (exact) mass is 367 g/mol. The van der Waals surface area contributed by atoms with Crippen molar-refractivity contribution < 1.29 is 4.79 Å². The lowest BCUT2D eigenvalue weighted by molar-refractivity contribution is -0.116. The highest BCUT2D eigenvalue weighted by molar-refractivity contribution is 9.10. The summed E-state index contributed by atoms with van der Waals surface area (Å²) in [6.07, 6.45) is 0. The number of hydrogen-bond acceptors (Lipinski definition) is 1. The lowest BCUT2D eigenvalue weighted by Crippen LogP contribution is -2.27. The molecule has 5 heteroatoms. The standard InChI is InChI=1S/C11H12Br2ClNO/c1-6(2)10(13)11(16)15-9-4-3-7(14)5-8(9)12/h3-6,10H,1-2H3,(H,15,16). The van der Waals surface area contributed by atoms with Gasteiger partial charge in [0.2, 0.25) is 5.91 Å². The highest BCUT2D eigenvalue weighted by Gasteiger charge is 2.19. The summed E-state index contributed by atoms with van der Waals surface area (Å²) in [4.78, 5) is 11.6. The van der Waals surface area contributed by atoms with Crippen molar-refractivity contribution >= 4 is 55.1 Å². The Morgan fingerprint density at radius 2 is 2.06 bits per heavy atom. The molecule has 1 atom stereocenters. The second-order valence-corrected chi connectivity index (χ2v) is 6.04. The van der Waals surface area contributed by atoms with Crippen LogP contribution in [-0.4, -0.2) is 10.7 Å². The normalized spacial score (nSPS) is 12.6. The SMILES string of the molecule is CC(C)C(Br)C(=O)Nc1ccc(Cl)cc1Br. The van der Waals surface area contributed by atoms with Crippen molar-refractivity contribution in [1.29, 1.82) is 0 Å². The van der Waals surface area contributed by atoms with Gasteiger partial charge in [-0.1, -0.05) is 41.4 Å². The molecule has 0 fully saturated rings. The molecule has 1 aromatic carbocycles. The number of rotatable bonds is 3. The first kappa shape index (κ1) is 14.0. The van der Waals surface area contributed by atoms with E-state index in [1.807, 2.05) is 13.8 Å². The smallest absolute Gasteiger partial charge is 0.238 e. The Balaban J connectivity index is 2.77. The fourth-order valence-electron chi connectivity index (χ4n) is 1.10. The number of hydrogen-bond donors (Lipinski definition) is 1. The average Bonchev–Trinajstić information content (AvgIpc) is 2.20. The van der Waals surface area contributed by atoms with E-state index in [1.54, 1.807) is 18.2 Å². The molecule has 0 aliphatic carbocycles. The Bertz CT molecular complexity index is 396. The molecule has 0 bridgehead atoms. The molecule has 0 heterocycles. The molecule has 0 saturated carbocycles. The van der Waals surface area contributed by atoms with Gasteiger partial charge < -0.3 is 5.32 Å². The van der Waals surface area contributed by atoms with Gasteiger partial charge in [-0.15, -0.1) is 0 Å². The van der Waals surface area contributed by atoms with Crippen molar-refractivity contribution in [3.8, 4) is 0 Å². The second-order valence-electron chi connectivity index (χ2n) is 3.76. The third-order valence-corrected chi connectivity index (χ3v) is 4.39. The largest absolute Gasteiger partial charge is 0.324 e. The van der Waals surface area contributed by atoms with Crippen LogP contribution in [0.25, 0.3) is 0 Å². The van der Waals surface area contributed by atoms with Crippen molar-refractivity contribution in [2.75, 3.05) is 5.32 Å². The highest BCUT2D eigenvalue weighted by Crippen LogP contribution is 2.26. The van der Waals surface area contributed by atoms with Crippen molar-refractivity contribution in [2.24, 2.45) is 5.92 Å². The Morgan fingerprint density at radius 1 is 1.44 bits per heavy atom. The number of carbonyl (C=O) groups excluding carboxylic acids is 1. The summed E-state index contributed by atoms with van der Waals surface area (Å²) in [5.41, 5.74) is 0.722. The molecular weight excluding hydrogens is 357 g/mol. The molecule has 1 unspecified atom stereocenters. The van der Waals surface area contributed by atoms with Crippen molar-refractivity contribution in [1.82, 2.24) is 0 Å². The first-order valence-corrected chi connectivity index (χ1v) is 6.90. The van der Waals surface area contributed by atoms with Gasteiger partial charge in [0.25, 0.3) is 0 Å². The predicted octanol–water partition coefficient (Wildman–Crippen LogP) is 4.46. The predicted molar refractivity (Wildman–Crippen MR) is 75.3 cm³/mol. The zero-order chi connectivity index (χ0) is 12.3. The fourth-order valence-corrected chi connectivity index (χ4v) is 1.99. The van der Waals surface area contributed by atoms with Crippen LogP contribution in [0.4, 0.5) is 5.69 Å². The van der Waals surface area contributed by atoms with Gasteiger partial charge in [0, 0.05) is 9.50 Å². The molecule has 1 N–H and O–H groups in total. The second kappa shape index (κ2) is 6.03. The molecule has 16 heavy (non-hydrogen) atoms. The first-order valence-electron chi connectivity index (χ1n) is 4.82. The number of alkyl halides is 1. The molecule has 88 valence electrons. The summed E-state index contributed by atoms with van der Waals surface area (Å²) in [6, 6.07) is 5.25. The molecular formula is C11H12Br2ClNO. The third-order valence-electron chi connectivity index (χ3n) is 2.02. The van der Waals surface area contributed by atoms with Gasteiger partial charge in [-0.3, -0.25) is 4.79 Å². The Kier molecular flexibility index (Phi) is 5.28. The number of benzene rings is 1. The van der Waals surface area contributed by atoms with Crippen LogP contribution >= 0.6 is 43.5 Å². The van der Waals surface area contributed by atoms with E-state index >= 15 is 0 Å². The number of nitrogens with one attached hydrogen (secondary N) is 1. The lowest BCUT2D eigenvalue weighted by Gasteiger charge is -2.14. The average molecular weight is 369 g/mol. The van der Waals surface area contributed by atoms with Crippen LogP contribution in [-0.2, 0) is 4.79 Å². The molecule has 0 spiro atoms. The Morgan fingerprint density at radius 3 is 2.56 bits per heavy atom. The van der Waals surface area contributed by atoms with Gasteiger partial charge in [-0.25, -0.2) is 0 Å². The molecule has 0 saturated heterocycles. The van der Waals surface area contributed by atoms with Gasteiger partial charge in [0.1, 0.15) is 0 Å². The van der Waals surface area contributed by atoms with E-state index in [0.717, 1.165) is 10.2 Å². The van der Waals surface area contributed by atoms with E-state index in [4.69, 9.17) is 11.6 Å². The Labute approximate surface area is 117 Å². The summed E-state index contributed by atoms with van der Waals surface area (Å²) in [7, 11) is 0. The topological polar surface area (TPSA) is 29.1 Å². The summed E-state index contributed by atoms with van der Waals surface area (Å²) in [5, 5.41) is 3.46. The third kappa shape index (κ3) is 3.75. The molecule has 1 rings (SSSR count). The van der Waals surface area contributed by atoms with Crippen LogP contribution in [0.1, 0.15) is 13.8 Å². The molecule has 0 aliphatic rings. The van der Waals surface area contributed by atoms with Crippen molar-refractivity contribution in [3.05, 3.63) is 27.7 Å². The summed E-state index contributed by atoms with van der Waals surface area (Å²) in [5.74, 6) is 0.184. The van der Waals surface area contributed by atoms with Gasteiger partial charge in [0.15, 0.2) is 0 Å². The van der Waals surface area contributed by atoms with Crippen molar-refractivity contribution in [3.63, 3.8) is 0 Å². The quantitative estimate of drug-likeness (QED) is 0.783. The van der Waals surface area contributed by atoms with Gasteiger partial charge in [-0.2, -0.15) is 0 Å². The minimum atomic E-state index is -0.199. The summed E-state index contributed by atoms with van der Waals surface area (Å²) >= 11 is 12.5. The van der Waals surface area contributed by atoms with E-state index in [2.05, 4.69) is 37.2 Å². The molecule has 0 aliphatic heterocycles. The zero-order valence-electron chi connectivity index (χ0n) is 8.93. The number of amides is 1. The molecule has 0 aromatic heterocycles. The van der Waals surface area contributed by atoms with Crippen LogP contribution in [0.2, 0.25) is 5.02 Å². The van der Waals surface area contributed by atoms with Gasteiger partial charge >= 0.3 is 0 Å². The van der Waals surface area contributed by atoms with E-state index in [-0.39, 0.29) is 16.7 Å². The van der Waals surface area contributed by atoms with Crippen LogP contribution in [0, 0.1) is 5.92 Å². The van der Waals surface area contributed by atoms with E-state index in [1.165, 1.54) is 0 Å². The van der Waals surface area contributed by atoms with Gasteiger partial charge in [-0.05, 0) is 40.0 Å². The maximum atomic E-state index is 11.8. The molecule has 2 nitrogen and oxygen atoms in total. The van der Waals surface area contributed by atoms with Crippen LogP contribution in [0.3, 0.4) is 0 Å². The van der Waals surface area contributed by atoms with E-state index in [9.17, 15) is 4.79 Å². The van der Waals surface area contributed by atoms with E-state index in [0.29, 0.717) is 5.02 Å². The van der Waals surface area contributed by atoms with Gasteiger partial charge in [0.05, 0.1) is 10.5 Å². The Hall–Kier alpha value is -0.0600. The maximum absolute atomic E-state index is 11.8. The molecule has 1 aromatic rings. The summed E-state index contributed by atoms with van der Waals surface area (Å²) in [6.45, 7) is 3.96. The van der Waals surface area contributed by atoms with Crippen molar-refractivity contribution in [2.45, 2.75) is 18.7 Å². The van der Waals surface area contributed by atoms with Crippen LogP contribution in [0.15, 0.2) is 22.7 Å². The summed E-state index contributed by atoms with van der Waals surface area (Å²) < 4.78 is 0.775. The highest BCUT2D eigenvalue weighted by atomic mass is 79.9. The number of halogens is 3. The van der Waals surface area contributed by atoms with Crippen LogP contribution < -0.4 is 5.32 Å². The van der Waals surface area contributed by atoms with Crippen LogP contribution in [0.5, 0.6) is 0 Å². The number of anilines is 1. The fraction of sp³-hybridized carbons (Fsp3) is 0.364. The molecule has 0 radical (unpaired) electrons. The van der Waals surface area contributed by atoms with E-state index < -0.39 is 0 Å². The zero-order valence-corrected chi connectivity index (χ0v) is 12.9. The lowest BCUT2D eigenvalue weighted by atomic mass is 10.1. The minimum Gasteiger partial charge on any atom is -0.324 e. The maximum Gasteiger partial charge on any atom is 0.238 e. The molecule has 1 amide bonds. The minimum absolute atomic E-state index is 0.0574. The first-order chi connectivity index (χ1) is 7.41. The number of carbonyl (C=O) groups is 1.